The lowest BCUT2D eigenvalue weighted by Crippen LogP contribution is -2.37. The van der Waals surface area contributed by atoms with Gasteiger partial charge in [0.1, 0.15) is 0 Å². The number of nitrogens with two attached hydrogens (primary N) is 1. The van der Waals surface area contributed by atoms with Crippen LogP contribution < -0.4 is 16.6 Å². The van der Waals surface area contributed by atoms with E-state index in [1.54, 1.807) is 7.05 Å². The first kappa shape index (κ1) is 10.4. The third-order valence-electron chi connectivity index (χ3n) is 0.358. The number of hydrogen-bond donors (Lipinski definition) is 3. The van der Waals surface area contributed by atoms with Crippen molar-refractivity contribution in [2.24, 2.45) is 5.84 Å². The maximum atomic E-state index is 4.83. The van der Waals surface area contributed by atoms with Gasteiger partial charge >= 0.3 is 0 Å². The second kappa shape index (κ2) is 6.38. The van der Waals surface area contributed by atoms with Crippen molar-refractivity contribution >= 4 is 41.3 Å². The van der Waals surface area contributed by atoms with Crippen LogP contribution in [0.2, 0.25) is 0 Å². The van der Waals surface area contributed by atoms with E-state index in [9.17, 15) is 0 Å². The third kappa shape index (κ3) is 6.38. The summed E-state index contributed by atoms with van der Waals surface area (Å²) < 4.78 is 0. The standard InChI is InChI=1S/C2H7N3S.HI/c1-4-2(6)5-3;/h3H2,1H3,(H2,4,5,6);1H. The summed E-state index contributed by atoms with van der Waals surface area (Å²) in [4.78, 5) is 0. The average Bonchev–Trinajstić information content (AvgIpc) is 1.65. The van der Waals surface area contributed by atoms with E-state index in [2.05, 4.69) is 23.0 Å². The van der Waals surface area contributed by atoms with Crippen LogP contribution in [0.5, 0.6) is 0 Å². The zero-order valence-electron chi connectivity index (χ0n) is 3.89. The first-order valence-electron chi connectivity index (χ1n) is 1.49. The van der Waals surface area contributed by atoms with Crippen LogP contribution in [0.1, 0.15) is 0 Å². The first-order valence-corrected chi connectivity index (χ1v) is 1.90. The number of thiocarbonyl (C=S) groups is 1. The van der Waals surface area contributed by atoms with Gasteiger partial charge in [-0.05, 0) is 12.2 Å². The summed E-state index contributed by atoms with van der Waals surface area (Å²) in [5.74, 6) is 4.83. The summed E-state index contributed by atoms with van der Waals surface area (Å²) in [5.41, 5.74) is 2.23. The van der Waals surface area contributed by atoms with Crippen molar-refractivity contribution in [3.63, 3.8) is 0 Å². The molecule has 3 nitrogen and oxygen atoms in total. The molecule has 0 atom stereocenters. The summed E-state index contributed by atoms with van der Waals surface area (Å²) in [6.07, 6.45) is 0. The van der Waals surface area contributed by atoms with Crippen LogP contribution >= 0.6 is 36.2 Å². The molecule has 44 valence electrons. The predicted molar refractivity (Wildman–Crippen MR) is 44.4 cm³/mol. The maximum Gasteiger partial charge on any atom is 0.180 e. The summed E-state index contributed by atoms with van der Waals surface area (Å²) in [5, 5.41) is 3.06. The van der Waals surface area contributed by atoms with E-state index in [1.165, 1.54) is 0 Å². The Morgan fingerprint density at radius 3 is 2.14 bits per heavy atom. The Hall–Kier alpha value is 0.380. The van der Waals surface area contributed by atoms with Crippen molar-refractivity contribution in [2.45, 2.75) is 0 Å². The van der Waals surface area contributed by atoms with Gasteiger partial charge in [-0.3, -0.25) is 0 Å². The van der Waals surface area contributed by atoms with Gasteiger partial charge in [-0.25, -0.2) is 5.84 Å². The Balaban J connectivity index is 0. The van der Waals surface area contributed by atoms with Crippen molar-refractivity contribution in [2.75, 3.05) is 7.05 Å². The van der Waals surface area contributed by atoms with E-state index in [0.717, 1.165) is 0 Å². The molecule has 4 N–H and O–H groups in total. The monoisotopic (exact) mass is 233 g/mol. The SMILES string of the molecule is CNC(=S)NN.I. The van der Waals surface area contributed by atoms with Crippen molar-refractivity contribution in [3.8, 4) is 0 Å². The van der Waals surface area contributed by atoms with Crippen LogP contribution in [0.15, 0.2) is 0 Å². The highest BCUT2D eigenvalue weighted by molar-refractivity contribution is 14.0. The molecule has 0 aliphatic carbocycles. The molecule has 0 fully saturated rings. The molecule has 0 unspecified atom stereocenters. The second-order valence-corrected chi connectivity index (χ2v) is 1.13. The van der Waals surface area contributed by atoms with Gasteiger partial charge in [0.15, 0.2) is 5.11 Å². The van der Waals surface area contributed by atoms with E-state index in [-0.39, 0.29) is 24.0 Å². The van der Waals surface area contributed by atoms with Crippen LogP contribution in [0, 0.1) is 0 Å². The first-order chi connectivity index (χ1) is 2.81. The van der Waals surface area contributed by atoms with Crippen LogP contribution in [-0.4, -0.2) is 12.2 Å². The smallest absolute Gasteiger partial charge is 0.180 e. The molecular formula is C2H8IN3S. The quantitative estimate of drug-likeness (QED) is 0.230. The normalized spacial score (nSPS) is 6.00. The zero-order valence-corrected chi connectivity index (χ0v) is 7.04. The van der Waals surface area contributed by atoms with E-state index in [0.29, 0.717) is 5.11 Å². The highest BCUT2D eigenvalue weighted by Gasteiger charge is 1.75. The minimum absolute atomic E-state index is 0. The van der Waals surface area contributed by atoms with Crippen molar-refractivity contribution in [1.29, 1.82) is 0 Å². The highest BCUT2D eigenvalue weighted by atomic mass is 127. The molecule has 0 aromatic heterocycles. The number of nitrogens with one attached hydrogen (secondary N) is 2. The fourth-order valence-corrected chi connectivity index (χ4v) is 0.0722. The largest absolute Gasteiger partial charge is 0.365 e. The third-order valence-corrected chi connectivity index (χ3v) is 0.680. The number of hydrazine groups is 1. The van der Waals surface area contributed by atoms with Gasteiger partial charge in [0.2, 0.25) is 0 Å². The second-order valence-electron chi connectivity index (χ2n) is 0.723. The highest BCUT2D eigenvalue weighted by Crippen LogP contribution is 1.49. The molecule has 7 heavy (non-hydrogen) atoms. The van der Waals surface area contributed by atoms with Crippen LogP contribution in [-0.2, 0) is 0 Å². The van der Waals surface area contributed by atoms with Gasteiger partial charge < -0.3 is 10.7 Å². The molecule has 0 aliphatic rings. The predicted octanol–water partition coefficient (Wildman–Crippen LogP) is -0.428. The van der Waals surface area contributed by atoms with E-state index in [4.69, 9.17) is 5.84 Å². The summed E-state index contributed by atoms with van der Waals surface area (Å²) in [7, 11) is 1.70. The summed E-state index contributed by atoms with van der Waals surface area (Å²) in [6, 6.07) is 0. The minimum Gasteiger partial charge on any atom is -0.365 e. The van der Waals surface area contributed by atoms with Gasteiger partial charge in [0.25, 0.3) is 0 Å². The molecule has 0 bridgehead atoms. The maximum absolute atomic E-state index is 4.83. The van der Waals surface area contributed by atoms with E-state index < -0.39 is 0 Å². The molecule has 0 amide bonds. The molecule has 0 aromatic carbocycles. The summed E-state index contributed by atoms with van der Waals surface area (Å²) in [6.45, 7) is 0. The Kier molecular flexibility index (Phi) is 9.46. The molecule has 5 heteroatoms. The molecule has 0 saturated heterocycles. The Morgan fingerprint density at radius 2 is 2.14 bits per heavy atom. The fraction of sp³-hybridized carbons (Fsp3) is 0.500. The van der Waals surface area contributed by atoms with Crippen molar-refractivity contribution in [3.05, 3.63) is 0 Å². The Labute approximate surface area is 65.0 Å². The zero-order chi connectivity index (χ0) is 4.99. The average molecular weight is 233 g/mol. The fourth-order valence-electron chi connectivity index (χ4n) is 0.0722. The van der Waals surface area contributed by atoms with Gasteiger partial charge in [-0.2, -0.15) is 0 Å². The lowest BCUT2D eigenvalue weighted by atomic mass is 11.1. The van der Waals surface area contributed by atoms with Gasteiger partial charge in [0, 0.05) is 7.05 Å². The Morgan fingerprint density at radius 1 is 1.71 bits per heavy atom. The number of hydrogen-bond acceptors (Lipinski definition) is 2. The number of rotatable bonds is 0. The molecule has 0 spiro atoms. The van der Waals surface area contributed by atoms with Crippen LogP contribution in [0.4, 0.5) is 0 Å². The lowest BCUT2D eigenvalue weighted by molar-refractivity contribution is 0.976. The van der Waals surface area contributed by atoms with Crippen molar-refractivity contribution < 1.29 is 0 Å². The summed E-state index contributed by atoms with van der Waals surface area (Å²) >= 11 is 4.51. The molecule has 0 radical (unpaired) electrons. The van der Waals surface area contributed by atoms with Crippen LogP contribution in [0.25, 0.3) is 0 Å². The lowest BCUT2D eigenvalue weighted by Gasteiger charge is -1.95. The molecule has 0 heterocycles. The van der Waals surface area contributed by atoms with Crippen LogP contribution in [0.3, 0.4) is 0 Å². The molecule has 0 aromatic rings. The molecular weight excluding hydrogens is 225 g/mol. The van der Waals surface area contributed by atoms with Crippen molar-refractivity contribution in [1.82, 2.24) is 10.7 Å². The van der Waals surface area contributed by atoms with E-state index >= 15 is 0 Å². The van der Waals surface area contributed by atoms with Gasteiger partial charge in [-0.15, -0.1) is 24.0 Å². The number of halogens is 1. The van der Waals surface area contributed by atoms with E-state index in [1.807, 2.05) is 0 Å². The molecule has 0 rings (SSSR count). The molecule has 0 saturated carbocycles. The van der Waals surface area contributed by atoms with Gasteiger partial charge in [0.05, 0.1) is 0 Å². The molecule has 0 aliphatic heterocycles. The topological polar surface area (TPSA) is 50.1 Å². The van der Waals surface area contributed by atoms with Gasteiger partial charge in [-0.1, -0.05) is 0 Å². The minimum atomic E-state index is 0. The Bertz CT molecular complexity index is 50.9.